The number of nitrogens with zero attached hydrogens (tertiary/aromatic N) is 7. The Morgan fingerprint density at radius 1 is 0.971 bits per heavy atom. The number of fused-ring (bicyclic) bond motifs is 1. The molecule has 0 saturated carbocycles. The zero-order chi connectivity index (χ0) is 23.5. The number of hydrogen-bond acceptors (Lipinski definition) is 9. The summed E-state index contributed by atoms with van der Waals surface area (Å²) in [6, 6.07) is 11.1. The van der Waals surface area contributed by atoms with E-state index in [0.717, 1.165) is 54.2 Å². The first-order valence-corrected chi connectivity index (χ1v) is 11.1. The van der Waals surface area contributed by atoms with Crippen LogP contribution in [0, 0.1) is 0 Å². The molecule has 34 heavy (non-hydrogen) atoms. The van der Waals surface area contributed by atoms with Crippen molar-refractivity contribution in [3.63, 3.8) is 0 Å². The summed E-state index contributed by atoms with van der Waals surface area (Å²) in [5.74, 6) is 1.62. The number of amides is 1. The van der Waals surface area contributed by atoms with Crippen LogP contribution in [0.2, 0.25) is 0 Å². The Morgan fingerprint density at radius 2 is 1.82 bits per heavy atom. The van der Waals surface area contributed by atoms with Crippen molar-refractivity contribution in [2.24, 2.45) is 0 Å². The van der Waals surface area contributed by atoms with Gasteiger partial charge in [0, 0.05) is 55.9 Å². The molecule has 1 fully saturated rings. The van der Waals surface area contributed by atoms with Crippen LogP contribution < -0.4 is 15.5 Å². The highest BCUT2D eigenvalue weighted by atomic mass is 16.1. The fourth-order valence-electron chi connectivity index (χ4n) is 3.85. The van der Waals surface area contributed by atoms with Crippen LogP contribution >= 0.6 is 0 Å². The Labute approximate surface area is 197 Å². The van der Waals surface area contributed by atoms with E-state index in [-0.39, 0.29) is 5.91 Å². The Balaban J connectivity index is 1.36. The predicted molar refractivity (Wildman–Crippen MR) is 132 cm³/mol. The van der Waals surface area contributed by atoms with Gasteiger partial charge in [-0.05, 0) is 37.4 Å². The summed E-state index contributed by atoms with van der Waals surface area (Å²) in [5, 5.41) is 15.1. The highest BCUT2D eigenvalue weighted by Crippen LogP contribution is 2.24. The number of hydrogen-bond donors (Lipinski definition) is 2. The van der Waals surface area contributed by atoms with Gasteiger partial charge in [0.2, 0.25) is 0 Å². The smallest absolute Gasteiger partial charge is 0.257 e. The maximum Gasteiger partial charge on any atom is 0.257 e. The number of pyridine rings is 1. The molecule has 1 aromatic carbocycles. The predicted octanol–water partition coefficient (Wildman–Crippen LogP) is 2.53. The Hall–Kier alpha value is -4.18. The molecule has 0 unspecified atom stereocenters. The second-order valence-electron chi connectivity index (χ2n) is 8.19. The largest absolute Gasteiger partial charge is 0.372 e. The standard InChI is InChI=1S/C24H25N9O/c1-25-22-15-26-14-20(28-22)16-3-4-19-18(11-16)12-21(31-30-19)29-24(34)17-5-6-27-23(13-17)33-9-7-32(2)8-10-33/h3-6,11-15H,7-10H2,1-2H3,(H,25,28)(H,29,31,34). The quantitative estimate of drug-likeness (QED) is 0.469. The molecule has 1 amide bonds. The minimum atomic E-state index is -0.254. The summed E-state index contributed by atoms with van der Waals surface area (Å²) < 4.78 is 0. The highest BCUT2D eigenvalue weighted by molar-refractivity contribution is 6.04. The van der Waals surface area contributed by atoms with Gasteiger partial charge in [0.05, 0.1) is 23.6 Å². The topological polar surface area (TPSA) is 112 Å². The van der Waals surface area contributed by atoms with E-state index in [1.807, 2.05) is 30.3 Å². The third-order valence-electron chi connectivity index (χ3n) is 5.85. The molecule has 3 aromatic heterocycles. The van der Waals surface area contributed by atoms with Crippen molar-refractivity contribution < 1.29 is 4.79 Å². The lowest BCUT2D eigenvalue weighted by Crippen LogP contribution is -2.44. The van der Waals surface area contributed by atoms with Gasteiger partial charge in [-0.2, -0.15) is 0 Å². The molecule has 1 aliphatic heterocycles. The monoisotopic (exact) mass is 455 g/mol. The number of likely N-dealkylation sites (N-methyl/N-ethyl adjacent to an activating group) is 1. The molecule has 2 N–H and O–H groups in total. The van der Waals surface area contributed by atoms with Crippen LogP contribution in [0.25, 0.3) is 22.2 Å². The fraction of sp³-hybridized carbons (Fsp3) is 0.250. The molecule has 0 bridgehead atoms. The molecule has 4 aromatic rings. The average Bonchev–Trinajstić information content (AvgIpc) is 2.89. The van der Waals surface area contributed by atoms with Crippen molar-refractivity contribution in [1.82, 2.24) is 30.0 Å². The molecule has 0 atom stereocenters. The maximum atomic E-state index is 12.9. The van der Waals surface area contributed by atoms with Gasteiger partial charge in [-0.3, -0.25) is 9.78 Å². The summed E-state index contributed by atoms with van der Waals surface area (Å²) in [4.78, 5) is 30.6. The van der Waals surface area contributed by atoms with Crippen molar-refractivity contribution in [3.8, 4) is 11.3 Å². The van der Waals surface area contributed by atoms with Crippen molar-refractivity contribution in [1.29, 1.82) is 0 Å². The first kappa shape index (κ1) is 21.7. The van der Waals surface area contributed by atoms with Gasteiger partial charge < -0.3 is 20.4 Å². The van der Waals surface area contributed by atoms with Gasteiger partial charge in [0.15, 0.2) is 5.82 Å². The Kier molecular flexibility index (Phi) is 5.96. The summed E-state index contributed by atoms with van der Waals surface area (Å²) in [6.45, 7) is 3.71. The van der Waals surface area contributed by atoms with Gasteiger partial charge in [0.1, 0.15) is 11.6 Å². The van der Waals surface area contributed by atoms with Crippen LogP contribution in [0.4, 0.5) is 17.5 Å². The molecule has 1 aliphatic rings. The van der Waals surface area contributed by atoms with Gasteiger partial charge >= 0.3 is 0 Å². The second kappa shape index (κ2) is 9.36. The molecule has 4 heterocycles. The van der Waals surface area contributed by atoms with Crippen LogP contribution in [0.3, 0.4) is 0 Å². The van der Waals surface area contributed by atoms with Gasteiger partial charge in [-0.1, -0.05) is 6.07 Å². The number of rotatable bonds is 5. The summed E-state index contributed by atoms with van der Waals surface area (Å²) in [7, 11) is 3.91. The zero-order valence-corrected chi connectivity index (χ0v) is 19.1. The first-order chi connectivity index (χ1) is 16.6. The van der Waals surface area contributed by atoms with Crippen LogP contribution in [0.1, 0.15) is 10.4 Å². The number of carbonyl (C=O) groups excluding carboxylic acids is 1. The molecule has 0 aliphatic carbocycles. The van der Waals surface area contributed by atoms with E-state index in [4.69, 9.17) is 0 Å². The number of aromatic nitrogens is 5. The number of benzene rings is 1. The molecule has 172 valence electrons. The molecule has 10 heteroatoms. The van der Waals surface area contributed by atoms with E-state index in [2.05, 4.69) is 52.6 Å². The Bertz CT molecular complexity index is 1340. The number of carbonyl (C=O) groups is 1. The lowest BCUT2D eigenvalue weighted by Gasteiger charge is -2.33. The van der Waals surface area contributed by atoms with Gasteiger partial charge in [-0.25, -0.2) is 9.97 Å². The average molecular weight is 456 g/mol. The van der Waals surface area contributed by atoms with E-state index in [9.17, 15) is 4.79 Å². The Morgan fingerprint density at radius 3 is 2.65 bits per heavy atom. The zero-order valence-electron chi connectivity index (χ0n) is 19.1. The van der Waals surface area contributed by atoms with E-state index in [0.29, 0.717) is 17.2 Å². The lowest BCUT2D eigenvalue weighted by atomic mass is 10.1. The number of anilines is 3. The van der Waals surface area contributed by atoms with Crippen LogP contribution in [-0.2, 0) is 0 Å². The fourth-order valence-corrected chi connectivity index (χ4v) is 3.85. The van der Waals surface area contributed by atoms with Crippen molar-refractivity contribution in [2.45, 2.75) is 0 Å². The van der Waals surface area contributed by atoms with Crippen molar-refractivity contribution >= 4 is 34.3 Å². The maximum absolute atomic E-state index is 12.9. The normalized spacial score (nSPS) is 14.2. The van der Waals surface area contributed by atoms with Gasteiger partial charge in [0.25, 0.3) is 5.91 Å². The van der Waals surface area contributed by atoms with Crippen LogP contribution in [0.5, 0.6) is 0 Å². The van der Waals surface area contributed by atoms with E-state index in [1.165, 1.54) is 0 Å². The highest BCUT2D eigenvalue weighted by Gasteiger charge is 2.17. The molecular formula is C24H25N9O. The van der Waals surface area contributed by atoms with E-state index in [1.54, 1.807) is 31.7 Å². The molecule has 10 nitrogen and oxygen atoms in total. The minimum absolute atomic E-state index is 0.254. The number of nitrogens with one attached hydrogen (secondary N) is 2. The van der Waals surface area contributed by atoms with E-state index >= 15 is 0 Å². The second-order valence-corrected chi connectivity index (χ2v) is 8.19. The molecule has 1 saturated heterocycles. The van der Waals surface area contributed by atoms with Crippen molar-refractivity contribution in [2.75, 3.05) is 55.8 Å². The molecule has 0 radical (unpaired) electrons. The lowest BCUT2D eigenvalue weighted by molar-refractivity contribution is 0.102. The first-order valence-electron chi connectivity index (χ1n) is 11.1. The third kappa shape index (κ3) is 4.62. The summed E-state index contributed by atoms with van der Waals surface area (Å²) in [5.41, 5.74) is 2.89. The molecule has 0 spiro atoms. The van der Waals surface area contributed by atoms with E-state index < -0.39 is 0 Å². The molecule has 5 rings (SSSR count). The van der Waals surface area contributed by atoms with Crippen LogP contribution in [0.15, 0.2) is 55.0 Å². The minimum Gasteiger partial charge on any atom is -0.372 e. The summed E-state index contributed by atoms with van der Waals surface area (Å²) >= 11 is 0. The SMILES string of the molecule is CNc1cncc(-c2ccc3nnc(NC(=O)c4ccnc(N5CCN(C)CC5)c4)cc3c2)n1. The van der Waals surface area contributed by atoms with Crippen LogP contribution in [-0.4, -0.2) is 76.2 Å². The van der Waals surface area contributed by atoms with Crippen molar-refractivity contribution in [3.05, 3.63) is 60.6 Å². The third-order valence-corrected chi connectivity index (χ3v) is 5.85. The molecular weight excluding hydrogens is 430 g/mol. The van der Waals surface area contributed by atoms with Gasteiger partial charge in [-0.15, -0.1) is 10.2 Å². The number of piperazine rings is 1. The summed E-state index contributed by atoms with van der Waals surface area (Å²) in [6.07, 6.45) is 5.04.